The summed E-state index contributed by atoms with van der Waals surface area (Å²) >= 11 is 0. The zero-order valence-electron chi connectivity index (χ0n) is 6.26. The van der Waals surface area contributed by atoms with Crippen LogP contribution in [-0.4, -0.2) is 31.2 Å². The third kappa shape index (κ3) is 1.12. The molecule has 0 aromatic carbocycles. The molecule has 0 saturated carbocycles. The number of hydrogen-bond donors (Lipinski definition) is 0. The Labute approximate surface area is 60.3 Å². The monoisotopic (exact) mass is 141 g/mol. The number of likely N-dealkylation sites (tertiary alicyclic amines) is 1. The van der Waals surface area contributed by atoms with Gasteiger partial charge >= 0.3 is 6.09 Å². The van der Waals surface area contributed by atoms with Gasteiger partial charge in [0.25, 0.3) is 0 Å². The molecule has 0 aliphatic carbocycles. The molecule has 3 heteroatoms. The Balaban J connectivity index is 2.32. The largest absolute Gasteiger partial charge is 0.453 e. The van der Waals surface area contributed by atoms with Crippen LogP contribution in [0, 0.1) is 0 Å². The summed E-state index contributed by atoms with van der Waals surface area (Å²) in [5, 5.41) is 0. The molecule has 1 fully saturated rings. The average Bonchev–Trinajstić information content (AvgIpc) is 1.85. The highest BCUT2D eigenvalue weighted by molar-refractivity contribution is 5.70. The van der Waals surface area contributed by atoms with Gasteiger partial charge in [-0.2, -0.15) is 0 Å². The Morgan fingerprint density at radius 1 is 1.70 bits per heavy atom. The standard InChI is InChI=1S/C7H11NO2/c1-3-6-4-8(5-6)7(9)10-2/h3H,4-5H2,1-2H3. The highest BCUT2D eigenvalue weighted by Crippen LogP contribution is 2.13. The van der Waals surface area contributed by atoms with E-state index in [4.69, 9.17) is 0 Å². The van der Waals surface area contributed by atoms with Crippen molar-refractivity contribution in [3.05, 3.63) is 11.6 Å². The van der Waals surface area contributed by atoms with Gasteiger partial charge in [-0.1, -0.05) is 6.08 Å². The molecule has 1 heterocycles. The number of allylic oxidation sites excluding steroid dienone is 1. The van der Waals surface area contributed by atoms with Crippen molar-refractivity contribution >= 4 is 6.09 Å². The molecule has 3 nitrogen and oxygen atoms in total. The smallest absolute Gasteiger partial charge is 0.410 e. The van der Waals surface area contributed by atoms with Crippen molar-refractivity contribution in [2.45, 2.75) is 6.92 Å². The fourth-order valence-corrected chi connectivity index (χ4v) is 0.885. The Bertz CT molecular complexity index is 166. The van der Waals surface area contributed by atoms with Crippen LogP contribution in [0.2, 0.25) is 0 Å². The zero-order valence-corrected chi connectivity index (χ0v) is 6.26. The minimum Gasteiger partial charge on any atom is -0.453 e. The summed E-state index contributed by atoms with van der Waals surface area (Å²) < 4.78 is 4.51. The van der Waals surface area contributed by atoms with E-state index in [-0.39, 0.29) is 6.09 Å². The van der Waals surface area contributed by atoms with E-state index in [9.17, 15) is 4.79 Å². The van der Waals surface area contributed by atoms with Crippen molar-refractivity contribution in [2.75, 3.05) is 20.2 Å². The number of ether oxygens (including phenoxy) is 1. The van der Waals surface area contributed by atoms with Crippen molar-refractivity contribution in [3.63, 3.8) is 0 Å². The maximum atomic E-state index is 10.7. The second kappa shape index (κ2) is 2.73. The van der Waals surface area contributed by atoms with E-state index in [1.54, 1.807) is 4.90 Å². The molecule has 0 aromatic rings. The summed E-state index contributed by atoms with van der Waals surface area (Å²) in [6.07, 6.45) is 1.80. The Kier molecular flexibility index (Phi) is 1.94. The van der Waals surface area contributed by atoms with E-state index < -0.39 is 0 Å². The molecule has 0 N–H and O–H groups in total. The molecule has 1 aliphatic heterocycles. The molecular formula is C7H11NO2. The summed E-state index contributed by atoms with van der Waals surface area (Å²) in [5.41, 5.74) is 1.30. The first-order valence-electron chi connectivity index (χ1n) is 3.25. The summed E-state index contributed by atoms with van der Waals surface area (Å²) in [6.45, 7) is 3.45. The molecule has 0 aromatic heterocycles. The number of methoxy groups -OCH3 is 1. The lowest BCUT2D eigenvalue weighted by Crippen LogP contribution is -2.44. The number of carbonyl (C=O) groups is 1. The maximum absolute atomic E-state index is 10.7. The van der Waals surface area contributed by atoms with Crippen molar-refractivity contribution in [1.29, 1.82) is 0 Å². The number of hydrogen-bond acceptors (Lipinski definition) is 2. The first kappa shape index (κ1) is 7.12. The summed E-state index contributed by atoms with van der Waals surface area (Å²) in [5.74, 6) is 0. The molecule has 0 atom stereocenters. The van der Waals surface area contributed by atoms with E-state index in [2.05, 4.69) is 4.74 Å². The second-order valence-corrected chi connectivity index (χ2v) is 2.27. The third-order valence-electron chi connectivity index (χ3n) is 1.63. The molecule has 1 amide bonds. The van der Waals surface area contributed by atoms with Crippen LogP contribution < -0.4 is 0 Å². The van der Waals surface area contributed by atoms with E-state index in [0.717, 1.165) is 13.1 Å². The number of nitrogens with zero attached hydrogens (tertiary/aromatic N) is 1. The van der Waals surface area contributed by atoms with Gasteiger partial charge < -0.3 is 9.64 Å². The topological polar surface area (TPSA) is 29.5 Å². The normalized spacial score (nSPS) is 16.2. The Hall–Kier alpha value is -0.990. The van der Waals surface area contributed by atoms with Gasteiger partial charge in [0.05, 0.1) is 7.11 Å². The zero-order chi connectivity index (χ0) is 7.56. The molecule has 0 unspecified atom stereocenters. The molecule has 10 heavy (non-hydrogen) atoms. The summed E-state index contributed by atoms with van der Waals surface area (Å²) in [4.78, 5) is 12.4. The molecule has 1 rings (SSSR count). The third-order valence-corrected chi connectivity index (χ3v) is 1.63. The van der Waals surface area contributed by atoms with Crippen LogP contribution in [0.1, 0.15) is 6.92 Å². The molecule has 1 saturated heterocycles. The van der Waals surface area contributed by atoms with Gasteiger partial charge in [-0.05, 0) is 12.5 Å². The van der Waals surface area contributed by atoms with E-state index in [1.165, 1.54) is 12.7 Å². The fraction of sp³-hybridized carbons (Fsp3) is 0.571. The van der Waals surface area contributed by atoms with E-state index in [1.807, 2.05) is 13.0 Å². The van der Waals surface area contributed by atoms with E-state index in [0.29, 0.717) is 0 Å². The SMILES string of the molecule is CC=C1CN(C(=O)OC)C1. The van der Waals surface area contributed by atoms with E-state index >= 15 is 0 Å². The van der Waals surface area contributed by atoms with Gasteiger partial charge in [0.15, 0.2) is 0 Å². The highest BCUT2D eigenvalue weighted by atomic mass is 16.5. The number of amides is 1. The van der Waals surface area contributed by atoms with Gasteiger partial charge in [-0.25, -0.2) is 4.79 Å². The predicted molar refractivity (Wildman–Crippen MR) is 37.7 cm³/mol. The number of rotatable bonds is 0. The van der Waals surface area contributed by atoms with Crippen LogP contribution in [0.5, 0.6) is 0 Å². The van der Waals surface area contributed by atoms with Crippen LogP contribution >= 0.6 is 0 Å². The van der Waals surface area contributed by atoms with Crippen LogP contribution in [0.4, 0.5) is 4.79 Å². The maximum Gasteiger partial charge on any atom is 0.410 e. The minimum absolute atomic E-state index is 0.231. The van der Waals surface area contributed by atoms with Gasteiger partial charge in [-0.3, -0.25) is 0 Å². The predicted octanol–water partition coefficient (Wildman–Crippen LogP) is 1.01. The second-order valence-electron chi connectivity index (χ2n) is 2.27. The van der Waals surface area contributed by atoms with Crippen LogP contribution in [0.3, 0.4) is 0 Å². The van der Waals surface area contributed by atoms with Crippen molar-refractivity contribution in [1.82, 2.24) is 4.90 Å². The van der Waals surface area contributed by atoms with Gasteiger partial charge in [0.1, 0.15) is 0 Å². The lowest BCUT2D eigenvalue weighted by molar-refractivity contribution is 0.117. The van der Waals surface area contributed by atoms with Crippen molar-refractivity contribution in [2.24, 2.45) is 0 Å². The van der Waals surface area contributed by atoms with Crippen LogP contribution in [0.25, 0.3) is 0 Å². The Morgan fingerprint density at radius 2 is 2.30 bits per heavy atom. The quantitative estimate of drug-likeness (QED) is 0.471. The summed E-state index contributed by atoms with van der Waals surface area (Å²) in [6, 6.07) is 0. The molecular weight excluding hydrogens is 130 g/mol. The van der Waals surface area contributed by atoms with Gasteiger partial charge in [0, 0.05) is 13.1 Å². The summed E-state index contributed by atoms with van der Waals surface area (Å²) in [7, 11) is 1.40. The molecule has 0 radical (unpaired) electrons. The molecule has 0 spiro atoms. The average molecular weight is 141 g/mol. The van der Waals surface area contributed by atoms with Crippen molar-refractivity contribution < 1.29 is 9.53 Å². The Morgan fingerprint density at radius 3 is 2.70 bits per heavy atom. The molecule has 0 bridgehead atoms. The van der Waals surface area contributed by atoms with Gasteiger partial charge in [0.2, 0.25) is 0 Å². The molecule has 56 valence electrons. The lowest BCUT2D eigenvalue weighted by Gasteiger charge is -2.32. The first-order chi connectivity index (χ1) is 4.77. The highest BCUT2D eigenvalue weighted by Gasteiger charge is 2.24. The van der Waals surface area contributed by atoms with Crippen molar-refractivity contribution in [3.8, 4) is 0 Å². The molecule has 1 aliphatic rings. The minimum atomic E-state index is -0.231. The number of carbonyl (C=O) groups excluding carboxylic acids is 1. The first-order valence-corrected chi connectivity index (χ1v) is 3.25. The lowest BCUT2D eigenvalue weighted by atomic mass is 10.1. The fourth-order valence-electron chi connectivity index (χ4n) is 0.885. The van der Waals surface area contributed by atoms with Crippen LogP contribution in [0.15, 0.2) is 11.6 Å². The van der Waals surface area contributed by atoms with Gasteiger partial charge in [-0.15, -0.1) is 0 Å². The van der Waals surface area contributed by atoms with Crippen LogP contribution in [-0.2, 0) is 4.74 Å².